The van der Waals surface area contributed by atoms with Gasteiger partial charge in [0.15, 0.2) is 0 Å². The van der Waals surface area contributed by atoms with Crippen molar-refractivity contribution in [3.8, 4) is 6.07 Å². The Bertz CT molecular complexity index is 613. The molecule has 0 saturated carbocycles. The van der Waals surface area contributed by atoms with E-state index in [2.05, 4.69) is 5.10 Å². The number of halogens is 1. The summed E-state index contributed by atoms with van der Waals surface area (Å²) in [6.45, 7) is 1.93. The van der Waals surface area contributed by atoms with Gasteiger partial charge in [-0.3, -0.25) is 4.68 Å². The van der Waals surface area contributed by atoms with Gasteiger partial charge in [0.25, 0.3) is 0 Å². The standard InChI is InChI=1S/C13H12FN3S/c1-9-3-13(17(2)16-9)18-8-11-4-10(7-15)5-12(14)6-11/h3-6H,8H2,1-2H3. The summed E-state index contributed by atoms with van der Waals surface area (Å²) in [5, 5.41) is 14.0. The Labute approximate surface area is 109 Å². The number of nitrogens with zero attached hydrogens (tertiary/aromatic N) is 3. The van der Waals surface area contributed by atoms with Crippen molar-refractivity contribution in [2.24, 2.45) is 7.05 Å². The Kier molecular flexibility index (Phi) is 3.68. The molecule has 1 aromatic heterocycles. The van der Waals surface area contributed by atoms with Crippen molar-refractivity contribution in [1.82, 2.24) is 9.78 Å². The smallest absolute Gasteiger partial charge is 0.124 e. The molecule has 0 aliphatic carbocycles. The van der Waals surface area contributed by atoms with E-state index in [9.17, 15) is 4.39 Å². The van der Waals surface area contributed by atoms with Crippen LogP contribution in [-0.2, 0) is 12.8 Å². The van der Waals surface area contributed by atoms with Crippen molar-refractivity contribution in [3.05, 3.63) is 46.9 Å². The van der Waals surface area contributed by atoms with Gasteiger partial charge in [-0.1, -0.05) is 0 Å². The number of hydrogen-bond donors (Lipinski definition) is 0. The average Bonchev–Trinajstić information content (AvgIpc) is 2.64. The molecule has 2 aromatic rings. The minimum atomic E-state index is -0.370. The Morgan fingerprint density at radius 2 is 2.17 bits per heavy atom. The van der Waals surface area contributed by atoms with E-state index in [0.29, 0.717) is 11.3 Å². The Hall–Kier alpha value is -1.80. The number of benzene rings is 1. The van der Waals surface area contributed by atoms with E-state index in [1.54, 1.807) is 22.5 Å². The molecule has 0 aliphatic rings. The van der Waals surface area contributed by atoms with Crippen LogP contribution in [0.2, 0.25) is 0 Å². The highest BCUT2D eigenvalue weighted by Crippen LogP contribution is 2.23. The lowest BCUT2D eigenvalue weighted by atomic mass is 10.1. The predicted octanol–water partition coefficient (Wildman–Crippen LogP) is 3.03. The minimum absolute atomic E-state index is 0.354. The fraction of sp³-hybridized carbons (Fsp3) is 0.231. The van der Waals surface area contributed by atoms with Crippen molar-refractivity contribution in [2.75, 3.05) is 0 Å². The molecule has 0 saturated heterocycles. The molecule has 1 aromatic carbocycles. The molecule has 1 heterocycles. The fourth-order valence-corrected chi connectivity index (χ4v) is 2.64. The van der Waals surface area contributed by atoms with Crippen LogP contribution in [0.5, 0.6) is 0 Å². The molecular weight excluding hydrogens is 249 g/mol. The zero-order valence-electron chi connectivity index (χ0n) is 10.1. The highest BCUT2D eigenvalue weighted by Gasteiger charge is 2.05. The van der Waals surface area contributed by atoms with Crippen molar-refractivity contribution in [2.45, 2.75) is 17.7 Å². The first-order valence-electron chi connectivity index (χ1n) is 5.41. The van der Waals surface area contributed by atoms with E-state index in [1.807, 2.05) is 26.1 Å². The Balaban J connectivity index is 2.13. The summed E-state index contributed by atoms with van der Waals surface area (Å²) < 4.78 is 15.0. The van der Waals surface area contributed by atoms with Gasteiger partial charge in [0.05, 0.1) is 22.4 Å². The van der Waals surface area contributed by atoms with Crippen molar-refractivity contribution >= 4 is 11.8 Å². The molecular formula is C13H12FN3S. The predicted molar refractivity (Wildman–Crippen MR) is 68.6 cm³/mol. The molecule has 0 N–H and O–H groups in total. The second kappa shape index (κ2) is 5.23. The maximum atomic E-state index is 13.2. The van der Waals surface area contributed by atoms with Crippen LogP contribution in [0.1, 0.15) is 16.8 Å². The molecule has 0 spiro atoms. The van der Waals surface area contributed by atoms with Gasteiger partial charge in [0.2, 0.25) is 0 Å². The van der Waals surface area contributed by atoms with Gasteiger partial charge < -0.3 is 0 Å². The van der Waals surface area contributed by atoms with E-state index in [0.717, 1.165) is 16.3 Å². The summed E-state index contributed by atoms with van der Waals surface area (Å²) in [5.74, 6) is 0.247. The third-order valence-electron chi connectivity index (χ3n) is 2.43. The van der Waals surface area contributed by atoms with Gasteiger partial charge in [-0.25, -0.2) is 4.39 Å². The monoisotopic (exact) mass is 261 g/mol. The zero-order valence-corrected chi connectivity index (χ0v) is 11.0. The van der Waals surface area contributed by atoms with Crippen molar-refractivity contribution in [1.29, 1.82) is 5.26 Å². The van der Waals surface area contributed by atoms with Crippen LogP contribution in [0.15, 0.2) is 29.3 Å². The number of rotatable bonds is 3. The van der Waals surface area contributed by atoms with E-state index in [-0.39, 0.29) is 5.82 Å². The van der Waals surface area contributed by atoms with Gasteiger partial charge in [0.1, 0.15) is 5.82 Å². The molecule has 3 nitrogen and oxygen atoms in total. The van der Waals surface area contributed by atoms with Gasteiger partial charge in [-0.2, -0.15) is 10.4 Å². The van der Waals surface area contributed by atoms with Gasteiger partial charge >= 0.3 is 0 Å². The van der Waals surface area contributed by atoms with Crippen LogP contribution in [0.4, 0.5) is 4.39 Å². The van der Waals surface area contributed by atoms with Crippen molar-refractivity contribution in [3.63, 3.8) is 0 Å². The number of thioether (sulfide) groups is 1. The topological polar surface area (TPSA) is 41.6 Å². The number of aromatic nitrogens is 2. The van der Waals surface area contributed by atoms with Crippen LogP contribution in [0.3, 0.4) is 0 Å². The minimum Gasteiger partial charge on any atom is -0.262 e. The molecule has 92 valence electrons. The van der Waals surface area contributed by atoms with Gasteiger partial charge in [0, 0.05) is 12.8 Å². The maximum Gasteiger partial charge on any atom is 0.124 e. The summed E-state index contributed by atoms with van der Waals surface area (Å²) in [6.07, 6.45) is 0. The molecule has 5 heteroatoms. The zero-order chi connectivity index (χ0) is 13.1. The molecule has 0 bridgehead atoms. The van der Waals surface area contributed by atoms with Crippen LogP contribution < -0.4 is 0 Å². The highest BCUT2D eigenvalue weighted by molar-refractivity contribution is 7.98. The first-order chi connectivity index (χ1) is 8.58. The van der Waals surface area contributed by atoms with Gasteiger partial charge in [-0.15, -0.1) is 11.8 Å². The third-order valence-corrected chi connectivity index (χ3v) is 3.59. The molecule has 0 fully saturated rings. The second-order valence-corrected chi connectivity index (χ2v) is 4.99. The molecule has 2 rings (SSSR count). The van der Waals surface area contributed by atoms with E-state index < -0.39 is 0 Å². The summed E-state index contributed by atoms with van der Waals surface area (Å²) in [4.78, 5) is 0. The first-order valence-corrected chi connectivity index (χ1v) is 6.40. The second-order valence-electron chi connectivity index (χ2n) is 4.00. The summed E-state index contributed by atoms with van der Waals surface area (Å²) >= 11 is 1.57. The molecule has 0 radical (unpaired) electrons. The first kappa shape index (κ1) is 12.7. The average molecular weight is 261 g/mol. The van der Waals surface area contributed by atoms with E-state index in [1.165, 1.54) is 12.1 Å². The molecule has 0 aliphatic heterocycles. The normalized spacial score (nSPS) is 10.3. The number of aryl methyl sites for hydroxylation is 2. The van der Waals surface area contributed by atoms with E-state index in [4.69, 9.17) is 5.26 Å². The lowest BCUT2D eigenvalue weighted by Crippen LogP contribution is -1.93. The van der Waals surface area contributed by atoms with Gasteiger partial charge in [-0.05, 0) is 36.8 Å². The van der Waals surface area contributed by atoms with Crippen LogP contribution in [-0.4, -0.2) is 9.78 Å². The van der Waals surface area contributed by atoms with E-state index >= 15 is 0 Å². The van der Waals surface area contributed by atoms with Crippen LogP contribution >= 0.6 is 11.8 Å². The summed E-state index contributed by atoms with van der Waals surface area (Å²) in [7, 11) is 1.88. The van der Waals surface area contributed by atoms with Crippen molar-refractivity contribution < 1.29 is 4.39 Å². The number of nitriles is 1. The SMILES string of the molecule is Cc1cc(SCc2cc(F)cc(C#N)c2)n(C)n1. The highest BCUT2D eigenvalue weighted by atomic mass is 32.2. The number of hydrogen-bond acceptors (Lipinski definition) is 3. The molecule has 0 unspecified atom stereocenters. The lowest BCUT2D eigenvalue weighted by Gasteiger charge is -2.03. The lowest BCUT2D eigenvalue weighted by molar-refractivity contribution is 0.626. The quantitative estimate of drug-likeness (QED) is 0.797. The largest absolute Gasteiger partial charge is 0.262 e. The Morgan fingerprint density at radius 1 is 1.39 bits per heavy atom. The van der Waals surface area contributed by atoms with Crippen LogP contribution in [0.25, 0.3) is 0 Å². The Morgan fingerprint density at radius 3 is 2.78 bits per heavy atom. The maximum absolute atomic E-state index is 13.2. The van der Waals surface area contributed by atoms with Crippen LogP contribution in [0, 0.1) is 24.1 Å². The molecule has 0 amide bonds. The third kappa shape index (κ3) is 2.90. The summed E-state index contributed by atoms with van der Waals surface area (Å²) in [6, 6.07) is 8.34. The molecule has 18 heavy (non-hydrogen) atoms. The fourth-order valence-electron chi connectivity index (χ4n) is 1.68. The molecule has 0 atom stereocenters. The summed E-state index contributed by atoms with van der Waals surface area (Å²) in [5.41, 5.74) is 2.11.